The largest absolute Gasteiger partial charge is 0.508 e. The topological polar surface area (TPSA) is 78.4 Å². The lowest BCUT2D eigenvalue weighted by atomic mass is 10.2. The van der Waals surface area contributed by atoms with Crippen molar-refractivity contribution in [2.24, 2.45) is 0 Å². The number of hydrogen-bond acceptors (Lipinski definition) is 3. The molecule has 1 aromatic rings. The first kappa shape index (κ1) is 12.0. The van der Waals surface area contributed by atoms with Gasteiger partial charge in [0.05, 0.1) is 6.54 Å². The molecule has 16 heavy (non-hydrogen) atoms. The molecular formula is C11H14N2O3. The Morgan fingerprint density at radius 2 is 1.94 bits per heavy atom. The monoisotopic (exact) mass is 222 g/mol. The van der Waals surface area contributed by atoms with Crippen LogP contribution in [0, 0.1) is 0 Å². The van der Waals surface area contributed by atoms with Crippen molar-refractivity contribution < 1.29 is 14.7 Å². The summed E-state index contributed by atoms with van der Waals surface area (Å²) in [5.41, 5.74) is 0.638. The third-order valence-corrected chi connectivity index (χ3v) is 1.97. The van der Waals surface area contributed by atoms with Crippen LogP contribution in [0.4, 0.5) is 0 Å². The van der Waals surface area contributed by atoms with Crippen LogP contribution in [-0.2, 0) is 16.1 Å². The molecule has 2 amide bonds. The van der Waals surface area contributed by atoms with E-state index >= 15 is 0 Å². The van der Waals surface area contributed by atoms with Gasteiger partial charge in [0, 0.05) is 19.0 Å². The molecule has 0 aliphatic carbocycles. The zero-order chi connectivity index (χ0) is 12.0. The van der Waals surface area contributed by atoms with E-state index in [0.717, 1.165) is 0 Å². The Hall–Kier alpha value is -2.04. The van der Waals surface area contributed by atoms with Crippen molar-refractivity contribution in [3.8, 4) is 5.75 Å². The third kappa shape index (κ3) is 4.00. The van der Waals surface area contributed by atoms with Gasteiger partial charge in [-0.3, -0.25) is 9.59 Å². The summed E-state index contributed by atoms with van der Waals surface area (Å²) >= 11 is 0. The average molecular weight is 222 g/mol. The van der Waals surface area contributed by atoms with Crippen LogP contribution in [-0.4, -0.2) is 23.5 Å². The molecule has 1 aromatic carbocycles. The number of carbonyl (C=O) groups is 2. The second-order valence-corrected chi connectivity index (χ2v) is 3.32. The second kappa shape index (κ2) is 5.75. The summed E-state index contributed by atoms with van der Waals surface area (Å²) in [5.74, 6) is -0.404. The normalized spacial score (nSPS) is 9.56. The molecule has 1 rings (SSSR count). The van der Waals surface area contributed by atoms with Crippen molar-refractivity contribution in [1.82, 2.24) is 10.6 Å². The first-order valence-corrected chi connectivity index (χ1v) is 4.87. The molecule has 0 aromatic heterocycles. The van der Waals surface area contributed by atoms with Crippen LogP contribution in [0.3, 0.4) is 0 Å². The van der Waals surface area contributed by atoms with Crippen molar-refractivity contribution in [2.45, 2.75) is 13.5 Å². The number of benzene rings is 1. The number of para-hydroxylation sites is 1. The van der Waals surface area contributed by atoms with Gasteiger partial charge in [-0.2, -0.15) is 0 Å². The molecule has 0 unspecified atom stereocenters. The van der Waals surface area contributed by atoms with Gasteiger partial charge in [0.25, 0.3) is 0 Å². The molecule has 0 aliphatic rings. The maximum atomic E-state index is 11.2. The van der Waals surface area contributed by atoms with Gasteiger partial charge in [0.2, 0.25) is 11.8 Å². The summed E-state index contributed by atoms with van der Waals surface area (Å²) in [5, 5.41) is 14.4. The Labute approximate surface area is 93.5 Å². The van der Waals surface area contributed by atoms with E-state index in [1.54, 1.807) is 24.3 Å². The van der Waals surface area contributed by atoms with Gasteiger partial charge in [0.15, 0.2) is 0 Å². The van der Waals surface area contributed by atoms with Crippen LogP contribution in [0.2, 0.25) is 0 Å². The van der Waals surface area contributed by atoms with Crippen LogP contribution in [0.5, 0.6) is 5.75 Å². The molecule has 5 nitrogen and oxygen atoms in total. The van der Waals surface area contributed by atoms with Gasteiger partial charge < -0.3 is 15.7 Å². The van der Waals surface area contributed by atoms with E-state index in [1.165, 1.54) is 6.92 Å². The molecule has 0 aliphatic heterocycles. The van der Waals surface area contributed by atoms with E-state index in [0.29, 0.717) is 5.56 Å². The number of phenols is 1. The number of rotatable bonds is 4. The first-order valence-electron chi connectivity index (χ1n) is 4.87. The summed E-state index contributed by atoms with van der Waals surface area (Å²) in [6.45, 7) is 1.53. The van der Waals surface area contributed by atoms with Gasteiger partial charge in [0.1, 0.15) is 5.75 Å². The minimum absolute atomic E-state index is 0.0526. The van der Waals surface area contributed by atoms with Gasteiger partial charge in [-0.15, -0.1) is 0 Å². The van der Waals surface area contributed by atoms with Crippen molar-refractivity contribution in [2.75, 3.05) is 6.54 Å². The highest BCUT2D eigenvalue weighted by molar-refractivity contribution is 5.83. The van der Waals surface area contributed by atoms with E-state index in [1.807, 2.05) is 0 Å². The van der Waals surface area contributed by atoms with Crippen LogP contribution < -0.4 is 10.6 Å². The molecule has 0 heterocycles. The number of amides is 2. The fourth-order valence-electron chi connectivity index (χ4n) is 1.12. The predicted octanol–water partition coefficient (Wildman–Crippen LogP) is 0.145. The molecular weight excluding hydrogens is 208 g/mol. The van der Waals surface area contributed by atoms with Gasteiger partial charge >= 0.3 is 0 Å². The Kier molecular flexibility index (Phi) is 4.32. The quantitative estimate of drug-likeness (QED) is 0.678. The Bertz CT molecular complexity index is 391. The Morgan fingerprint density at radius 1 is 1.25 bits per heavy atom. The smallest absolute Gasteiger partial charge is 0.239 e. The van der Waals surface area contributed by atoms with Crippen molar-refractivity contribution >= 4 is 11.8 Å². The third-order valence-electron chi connectivity index (χ3n) is 1.97. The number of carbonyl (C=O) groups excluding carboxylic acids is 2. The maximum Gasteiger partial charge on any atom is 0.239 e. The van der Waals surface area contributed by atoms with E-state index in [9.17, 15) is 14.7 Å². The van der Waals surface area contributed by atoms with E-state index in [4.69, 9.17) is 0 Å². The lowest BCUT2D eigenvalue weighted by Crippen LogP contribution is -2.35. The number of phenolic OH excluding ortho intramolecular Hbond substituents is 1. The summed E-state index contributed by atoms with van der Waals surface area (Å²) in [4.78, 5) is 21.8. The highest BCUT2D eigenvalue weighted by Gasteiger charge is 2.03. The molecule has 3 N–H and O–H groups in total. The van der Waals surface area contributed by atoms with Gasteiger partial charge in [-0.1, -0.05) is 18.2 Å². The Balaban J connectivity index is 2.37. The van der Waals surface area contributed by atoms with Gasteiger partial charge in [-0.25, -0.2) is 0 Å². The van der Waals surface area contributed by atoms with Crippen molar-refractivity contribution in [3.63, 3.8) is 0 Å². The average Bonchev–Trinajstić information content (AvgIpc) is 2.25. The molecule has 0 fully saturated rings. The minimum atomic E-state index is -0.293. The Morgan fingerprint density at radius 3 is 2.56 bits per heavy atom. The van der Waals surface area contributed by atoms with Crippen LogP contribution in [0.15, 0.2) is 24.3 Å². The molecule has 5 heteroatoms. The molecule has 0 saturated heterocycles. The lowest BCUT2D eigenvalue weighted by molar-refractivity contribution is -0.125. The summed E-state index contributed by atoms with van der Waals surface area (Å²) in [7, 11) is 0. The molecule has 0 spiro atoms. The van der Waals surface area contributed by atoms with Crippen molar-refractivity contribution in [3.05, 3.63) is 29.8 Å². The van der Waals surface area contributed by atoms with Crippen molar-refractivity contribution in [1.29, 1.82) is 0 Å². The van der Waals surface area contributed by atoms with E-state index < -0.39 is 0 Å². The first-order chi connectivity index (χ1) is 7.59. The van der Waals surface area contributed by atoms with Crippen LogP contribution >= 0.6 is 0 Å². The summed E-state index contributed by atoms with van der Waals surface area (Å²) < 4.78 is 0. The van der Waals surface area contributed by atoms with Crippen LogP contribution in [0.25, 0.3) is 0 Å². The summed E-state index contributed by atoms with van der Waals surface area (Å²) in [6, 6.07) is 6.75. The SMILES string of the molecule is CC(=O)NCC(=O)NCc1ccccc1O. The maximum absolute atomic E-state index is 11.2. The highest BCUT2D eigenvalue weighted by Crippen LogP contribution is 2.14. The van der Waals surface area contributed by atoms with Gasteiger partial charge in [-0.05, 0) is 6.07 Å². The lowest BCUT2D eigenvalue weighted by Gasteiger charge is -2.06. The molecule has 0 radical (unpaired) electrons. The molecule has 86 valence electrons. The number of nitrogens with one attached hydrogen (secondary N) is 2. The van der Waals surface area contributed by atoms with Crippen LogP contribution in [0.1, 0.15) is 12.5 Å². The molecule has 0 atom stereocenters. The van der Waals surface area contributed by atoms with E-state index in [2.05, 4.69) is 10.6 Å². The summed E-state index contributed by atoms with van der Waals surface area (Å²) in [6.07, 6.45) is 0. The zero-order valence-corrected chi connectivity index (χ0v) is 8.99. The zero-order valence-electron chi connectivity index (χ0n) is 8.99. The highest BCUT2D eigenvalue weighted by atomic mass is 16.3. The van der Waals surface area contributed by atoms with E-state index in [-0.39, 0.29) is 30.7 Å². The molecule has 0 saturated carbocycles. The predicted molar refractivity (Wildman–Crippen MR) is 58.6 cm³/mol. The standard InChI is InChI=1S/C11H14N2O3/c1-8(14)12-7-11(16)13-6-9-4-2-3-5-10(9)15/h2-5,15H,6-7H2,1H3,(H,12,14)(H,13,16). The number of hydrogen-bond donors (Lipinski definition) is 3. The fraction of sp³-hybridized carbons (Fsp3) is 0.273. The molecule has 0 bridgehead atoms. The fourth-order valence-corrected chi connectivity index (χ4v) is 1.12. The second-order valence-electron chi connectivity index (χ2n) is 3.32. The minimum Gasteiger partial charge on any atom is -0.508 e. The number of aromatic hydroxyl groups is 1.